The summed E-state index contributed by atoms with van der Waals surface area (Å²) < 4.78 is 5.78. The maximum Gasteiger partial charge on any atom is 0.249 e. The molecule has 4 atom stereocenters. The van der Waals surface area contributed by atoms with Crippen molar-refractivity contribution in [3.05, 3.63) is 29.3 Å². The molecule has 8 heteroatoms. The van der Waals surface area contributed by atoms with Crippen molar-refractivity contribution in [2.75, 3.05) is 51.3 Å². The van der Waals surface area contributed by atoms with E-state index >= 15 is 0 Å². The highest BCUT2D eigenvalue weighted by Crippen LogP contribution is 2.38. The first kappa shape index (κ1) is 24.7. The molecular formula is C26H38N4O4. The predicted molar refractivity (Wildman–Crippen MR) is 131 cm³/mol. The van der Waals surface area contributed by atoms with E-state index in [1.54, 1.807) is 11.0 Å². The van der Waals surface area contributed by atoms with Crippen LogP contribution < -0.4 is 10.6 Å². The first-order valence-electron chi connectivity index (χ1n) is 12.5. The molecule has 3 aliphatic heterocycles. The highest BCUT2D eigenvalue weighted by molar-refractivity contribution is 5.99. The molecule has 1 aromatic rings. The van der Waals surface area contributed by atoms with Gasteiger partial charge in [-0.05, 0) is 49.6 Å². The number of fused-ring (bicyclic) bond motifs is 1. The third-order valence-corrected chi connectivity index (χ3v) is 7.65. The molecule has 0 radical (unpaired) electrons. The number of hydrogen-bond donors (Lipinski definition) is 1. The molecule has 0 aromatic heterocycles. The van der Waals surface area contributed by atoms with E-state index in [-0.39, 0.29) is 36.2 Å². The van der Waals surface area contributed by atoms with Crippen LogP contribution >= 0.6 is 0 Å². The Morgan fingerprint density at radius 1 is 1.18 bits per heavy atom. The van der Waals surface area contributed by atoms with E-state index in [1.165, 1.54) is 0 Å². The lowest BCUT2D eigenvalue weighted by Gasteiger charge is -2.35. The number of carbonyl (C=O) groups is 3. The van der Waals surface area contributed by atoms with Gasteiger partial charge in [-0.3, -0.25) is 14.4 Å². The number of Topliss-reactive ketones (excluding diaryl/α,β-unsaturated/α-hetero) is 1. The van der Waals surface area contributed by atoms with Gasteiger partial charge in [0.05, 0.1) is 12.0 Å². The minimum absolute atomic E-state index is 0.0288. The Labute approximate surface area is 202 Å². The summed E-state index contributed by atoms with van der Waals surface area (Å²) in [4.78, 5) is 45.5. The van der Waals surface area contributed by atoms with Gasteiger partial charge in [0.25, 0.3) is 0 Å². The number of nitrogens with two attached hydrogens (primary N) is 1. The Kier molecular flexibility index (Phi) is 7.28. The quantitative estimate of drug-likeness (QED) is 0.654. The summed E-state index contributed by atoms with van der Waals surface area (Å²) in [5.41, 5.74) is 7.83. The summed E-state index contributed by atoms with van der Waals surface area (Å²) in [6.07, 6.45) is 1.19. The zero-order valence-corrected chi connectivity index (χ0v) is 20.8. The second-order valence-corrected chi connectivity index (χ2v) is 10.5. The number of likely N-dealkylation sites (N-methyl/N-ethyl adjacent to an activating group) is 1. The second-order valence-electron chi connectivity index (χ2n) is 10.5. The van der Waals surface area contributed by atoms with Crippen LogP contribution in [0.1, 0.15) is 55.5 Å². The number of carbonyl (C=O) groups excluding carboxylic acids is 3. The fraction of sp³-hybridized carbons (Fsp3) is 0.654. The van der Waals surface area contributed by atoms with Crippen molar-refractivity contribution < 1.29 is 19.1 Å². The molecule has 3 aliphatic rings. The minimum Gasteiger partial charge on any atom is -0.369 e. The molecule has 34 heavy (non-hydrogen) atoms. The van der Waals surface area contributed by atoms with E-state index in [9.17, 15) is 14.4 Å². The molecule has 0 unspecified atom stereocenters. The zero-order chi connectivity index (χ0) is 24.6. The van der Waals surface area contributed by atoms with E-state index in [1.807, 2.05) is 12.1 Å². The third kappa shape index (κ3) is 4.70. The number of ether oxygens (including phenoxy) is 1. The number of anilines is 1. The monoisotopic (exact) mass is 470 g/mol. The van der Waals surface area contributed by atoms with Crippen LogP contribution in [0.3, 0.4) is 0 Å². The van der Waals surface area contributed by atoms with Gasteiger partial charge in [-0.15, -0.1) is 0 Å². The molecule has 0 aliphatic carbocycles. The Bertz CT molecular complexity index is 941. The van der Waals surface area contributed by atoms with Crippen LogP contribution in [0.15, 0.2) is 18.2 Å². The number of amides is 2. The SMILES string of the molecule is CC[C@@H]1CN(C(=O)[C@@H](CC(C)C)c2cc(N3CCN(C)CC3)ccc2C(N)=O)[C@@H]2C(=O)CO[C@H]12. The summed E-state index contributed by atoms with van der Waals surface area (Å²) >= 11 is 0. The van der Waals surface area contributed by atoms with E-state index in [4.69, 9.17) is 10.5 Å². The van der Waals surface area contributed by atoms with Gasteiger partial charge in [0.15, 0.2) is 5.78 Å². The van der Waals surface area contributed by atoms with Crippen molar-refractivity contribution >= 4 is 23.3 Å². The highest BCUT2D eigenvalue weighted by atomic mass is 16.5. The Balaban J connectivity index is 1.71. The van der Waals surface area contributed by atoms with Crippen molar-refractivity contribution in [3.8, 4) is 0 Å². The molecule has 2 N–H and O–H groups in total. The Morgan fingerprint density at radius 3 is 2.50 bits per heavy atom. The first-order valence-corrected chi connectivity index (χ1v) is 12.5. The van der Waals surface area contributed by atoms with Gasteiger partial charge in [0.1, 0.15) is 12.6 Å². The Hall–Kier alpha value is -2.45. The average Bonchev–Trinajstić information content (AvgIpc) is 3.37. The van der Waals surface area contributed by atoms with Crippen LogP contribution in [0, 0.1) is 11.8 Å². The lowest BCUT2D eigenvalue weighted by Crippen LogP contribution is -2.45. The molecule has 4 rings (SSSR count). The molecular weight excluding hydrogens is 432 g/mol. The van der Waals surface area contributed by atoms with Gasteiger partial charge in [0.2, 0.25) is 11.8 Å². The molecule has 1 aromatic carbocycles. The van der Waals surface area contributed by atoms with Crippen LogP contribution in [0.2, 0.25) is 0 Å². The summed E-state index contributed by atoms with van der Waals surface area (Å²) in [7, 11) is 2.11. The fourth-order valence-corrected chi connectivity index (χ4v) is 5.70. The van der Waals surface area contributed by atoms with Gasteiger partial charge in [-0.2, -0.15) is 0 Å². The summed E-state index contributed by atoms with van der Waals surface area (Å²) in [6, 6.07) is 5.15. The normalized spacial score (nSPS) is 26.3. The van der Waals surface area contributed by atoms with Gasteiger partial charge >= 0.3 is 0 Å². The number of hydrogen-bond acceptors (Lipinski definition) is 6. The van der Waals surface area contributed by atoms with Gasteiger partial charge in [0, 0.05) is 49.9 Å². The van der Waals surface area contributed by atoms with E-state index < -0.39 is 17.9 Å². The number of piperazine rings is 1. The number of ketones is 1. The number of rotatable bonds is 7. The van der Waals surface area contributed by atoms with Gasteiger partial charge < -0.3 is 25.2 Å². The number of nitrogens with zero attached hydrogens (tertiary/aromatic N) is 3. The molecule has 3 fully saturated rings. The van der Waals surface area contributed by atoms with Crippen LogP contribution in [0.25, 0.3) is 0 Å². The molecule has 186 valence electrons. The molecule has 0 bridgehead atoms. The van der Waals surface area contributed by atoms with E-state index in [0.29, 0.717) is 24.1 Å². The van der Waals surface area contributed by atoms with Gasteiger partial charge in [-0.25, -0.2) is 0 Å². The number of benzene rings is 1. The Morgan fingerprint density at radius 2 is 1.88 bits per heavy atom. The van der Waals surface area contributed by atoms with Crippen LogP contribution in [0.4, 0.5) is 5.69 Å². The zero-order valence-electron chi connectivity index (χ0n) is 20.8. The third-order valence-electron chi connectivity index (χ3n) is 7.65. The number of primary amides is 1. The fourth-order valence-electron chi connectivity index (χ4n) is 5.70. The smallest absolute Gasteiger partial charge is 0.249 e. The molecule has 0 spiro atoms. The average molecular weight is 471 g/mol. The van der Waals surface area contributed by atoms with Crippen LogP contribution in [-0.4, -0.2) is 85.9 Å². The van der Waals surface area contributed by atoms with Crippen molar-refractivity contribution in [1.29, 1.82) is 0 Å². The predicted octanol–water partition coefficient (Wildman–Crippen LogP) is 1.87. The molecule has 0 saturated carbocycles. The standard InChI is InChI=1S/C26H38N4O4/c1-5-17-14-30(23-22(31)15-34-24(17)23)26(33)21(12-16(2)3)20-13-18(6-7-19(20)25(27)32)29-10-8-28(4)9-11-29/h6-7,13,16-17,21,23-24H,5,8-12,14-15H2,1-4H3,(H2,27,32)/t17-,21+,23-,24-/m1/s1. The maximum atomic E-state index is 14.1. The first-order chi connectivity index (χ1) is 16.2. The second kappa shape index (κ2) is 10.0. The largest absolute Gasteiger partial charge is 0.369 e. The van der Waals surface area contributed by atoms with E-state index in [2.05, 4.69) is 37.6 Å². The summed E-state index contributed by atoms with van der Waals surface area (Å²) in [6.45, 7) is 10.5. The number of likely N-dealkylation sites (tertiary alicyclic amines) is 1. The minimum atomic E-state index is -0.542. The molecule has 2 amide bonds. The van der Waals surface area contributed by atoms with Gasteiger partial charge in [-0.1, -0.05) is 20.8 Å². The van der Waals surface area contributed by atoms with Crippen molar-refractivity contribution in [1.82, 2.24) is 9.80 Å². The maximum absolute atomic E-state index is 14.1. The highest BCUT2D eigenvalue weighted by Gasteiger charge is 2.52. The lowest BCUT2D eigenvalue weighted by atomic mass is 9.85. The lowest BCUT2D eigenvalue weighted by molar-refractivity contribution is -0.138. The topological polar surface area (TPSA) is 96.2 Å². The van der Waals surface area contributed by atoms with Crippen LogP contribution in [0.5, 0.6) is 0 Å². The summed E-state index contributed by atoms with van der Waals surface area (Å²) in [5, 5.41) is 0. The van der Waals surface area contributed by atoms with Crippen LogP contribution in [-0.2, 0) is 14.3 Å². The molecule has 3 heterocycles. The molecule has 8 nitrogen and oxygen atoms in total. The van der Waals surface area contributed by atoms with Crippen molar-refractivity contribution in [3.63, 3.8) is 0 Å². The van der Waals surface area contributed by atoms with Crippen molar-refractivity contribution in [2.24, 2.45) is 17.6 Å². The van der Waals surface area contributed by atoms with Crippen molar-refractivity contribution in [2.45, 2.75) is 51.7 Å². The van der Waals surface area contributed by atoms with E-state index in [0.717, 1.165) is 38.3 Å². The molecule has 3 saturated heterocycles. The summed E-state index contributed by atoms with van der Waals surface area (Å²) in [5.74, 6) is -0.840.